The summed E-state index contributed by atoms with van der Waals surface area (Å²) in [6, 6.07) is 5.78. The van der Waals surface area contributed by atoms with E-state index in [1.54, 1.807) is 0 Å². The van der Waals surface area contributed by atoms with Crippen LogP contribution in [0.1, 0.15) is 42.5 Å². The molecule has 3 aliphatic heterocycles. The molecule has 0 bridgehead atoms. The van der Waals surface area contributed by atoms with Crippen LogP contribution in [0.15, 0.2) is 18.2 Å². The van der Waals surface area contributed by atoms with Crippen LogP contribution >= 0.6 is 0 Å². The number of amides is 2. The lowest BCUT2D eigenvalue weighted by molar-refractivity contribution is -0.117. The molecule has 1 aliphatic carbocycles. The van der Waals surface area contributed by atoms with E-state index in [2.05, 4.69) is 10.2 Å². The van der Waals surface area contributed by atoms with Gasteiger partial charge >= 0.3 is 0 Å². The zero-order valence-corrected chi connectivity index (χ0v) is 15.7. The lowest BCUT2D eigenvalue weighted by Gasteiger charge is -2.37. The van der Waals surface area contributed by atoms with Crippen LogP contribution in [0.2, 0.25) is 0 Å². The normalized spacial score (nSPS) is 23.6. The van der Waals surface area contributed by atoms with E-state index in [-0.39, 0.29) is 23.1 Å². The van der Waals surface area contributed by atoms with Gasteiger partial charge in [0.1, 0.15) is 0 Å². The smallest absolute Gasteiger partial charge is 0.255 e. The lowest BCUT2D eigenvalue weighted by atomic mass is 9.85. The number of anilines is 2. The van der Waals surface area contributed by atoms with Crippen LogP contribution in [0.5, 0.6) is 0 Å². The molecule has 2 amide bonds. The summed E-state index contributed by atoms with van der Waals surface area (Å²) >= 11 is 0. The maximum absolute atomic E-state index is 13.3. The predicted molar refractivity (Wildman–Crippen MR) is 103 cm³/mol. The molecule has 5 rings (SSSR count). The Balaban J connectivity index is 1.39. The predicted octanol–water partition coefficient (Wildman–Crippen LogP) is 2.50. The molecule has 1 aromatic rings. The molecular weight excluding hydrogens is 342 g/mol. The molecule has 6 nitrogen and oxygen atoms in total. The van der Waals surface area contributed by atoms with Crippen molar-refractivity contribution in [1.29, 1.82) is 0 Å². The van der Waals surface area contributed by atoms with Gasteiger partial charge in [-0.2, -0.15) is 0 Å². The summed E-state index contributed by atoms with van der Waals surface area (Å²) in [6.07, 6.45) is 5.31. The van der Waals surface area contributed by atoms with Gasteiger partial charge in [0.15, 0.2) is 0 Å². The SMILES string of the molecule is O=C(Nc1ccc(C(=O)N2CCC3(COC3)C2)c(N2CCCC2)c1)C1CC1. The van der Waals surface area contributed by atoms with E-state index in [0.717, 1.165) is 88.4 Å². The van der Waals surface area contributed by atoms with Gasteiger partial charge in [-0.25, -0.2) is 0 Å². The minimum absolute atomic E-state index is 0.105. The van der Waals surface area contributed by atoms with Crippen molar-refractivity contribution in [2.24, 2.45) is 11.3 Å². The van der Waals surface area contributed by atoms with Gasteiger partial charge in [-0.1, -0.05) is 0 Å². The van der Waals surface area contributed by atoms with Gasteiger partial charge in [0, 0.05) is 43.2 Å². The van der Waals surface area contributed by atoms with E-state index in [1.807, 2.05) is 23.1 Å². The summed E-state index contributed by atoms with van der Waals surface area (Å²) < 4.78 is 5.39. The highest BCUT2D eigenvalue weighted by Gasteiger charge is 2.46. The Morgan fingerprint density at radius 3 is 2.52 bits per heavy atom. The van der Waals surface area contributed by atoms with E-state index in [9.17, 15) is 9.59 Å². The molecule has 1 aromatic carbocycles. The van der Waals surface area contributed by atoms with Crippen molar-refractivity contribution in [3.8, 4) is 0 Å². The van der Waals surface area contributed by atoms with E-state index in [0.29, 0.717) is 0 Å². The first-order valence-electron chi connectivity index (χ1n) is 10.2. The van der Waals surface area contributed by atoms with Crippen LogP contribution in [0, 0.1) is 11.3 Å². The number of rotatable bonds is 4. The molecule has 6 heteroatoms. The van der Waals surface area contributed by atoms with Crippen LogP contribution in [0.25, 0.3) is 0 Å². The van der Waals surface area contributed by atoms with Crippen molar-refractivity contribution >= 4 is 23.2 Å². The molecular formula is C21H27N3O3. The van der Waals surface area contributed by atoms with Crippen molar-refractivity contribution in [3.05, 3.63) is 23.8 Å². The summed E-state index contributed by atoms with van der Waals surface area (Å²) in [5.41, 5.74) is 2.73. The van der Waals surface area contributed by atoms with Crippen LogP contribution in [-0.4, -0.2) is 56.1 Å². The quantitative estimate of drug-likeness (QED) is 0.886. The third-order valence-electron chi connectivity index (χ3n) is 6.43. The van der Waals surface area contributed by atoms with Crippen molar-refractivity contribution in [2.45, 2.75) is 32.1 Å². The maximum atomic E-state index is 13.3. The number of likely N-dealkylation sites (tertiary alicyclic amines) is 1. The van der Waals surface area contributed by atoms with Crippen molar-refractivity contribution in [2.75, 3.05) is 49.6 Å². The van der Waals surface area contributed by atoms with Crippen molar-refractivity contribution < 1.29 is 14.3 Å². The van der Waals surface area contributed by atoms with Gasteiger partial charge in [0.2, 0.25) is 5.91 Å². The average molecular weight is 369 g/mol. The Labute approximate surface area is 159 Å². The number of benzene rings is 1. The molecule has 27 heavy (non-hydrogen) atoms. The Kier molecular flexibility index (Phi) is 4.11. The molecule has 1 N–H and O–H groups in total. The second-order valence-electron chi connectivity index (χ2n) is 8.66. The molecule has 3 heterocycles. The van der Waals surface area contributed by atoms with E-state index in [1.165, 1.54) is 0 Å². The number of carbonyl (C=O) groups excluding carboxylic acids is 2. The fraction of sp³-hybridized carbons (Fsp3) is 0.619. The summed E-state index contributed by atoms with van der Waals surface area (Å²) in [6.45, 7) is 5.10. The molecule has 0 atom stereocenters. The first kappa shape index (κ1) is 17.0. The number of hydrogen-bond acceptors (Lipinski definition) is 4. The Morgan fingerprint density at radius 2 is 1.89 bits per heavy atom. The van der Waals surface area contributed by atoms with E-state index >= 15 is 0 Å². The number of carbonyl (C=O) groups is 2. The molecule has 1 saturated carbocycles. The highest BCUT2D eigenvalue weighted by molar-refractivity contribution is 6.02. The molecule has 0 unspecified atom stereocenters. The number of hydrogen-bond donors (Lipinski definition) is 1. The third-order valence-corrected chi connectivity index (χ3v) is 6.43. The Morgan fingerprint density at radius 1 is 1.11 bits per heavy atom. The number of nitrogens with one attached hydrogen (secondary N) is 1. The van der Waals surface area contributed by atoms with Gasteiger partial charge in [-0.15, -0.1) is 0 Å². The second-order valence-corrected chi connectivity index (χ2v) is 8.66. The average Bonchev–Trinajstić information content (AvgIpc) is 3.18. The summed E-state index contributed by atoms with van der Waals surface area (Å²) in [4.78, 5) is 29.7. The Bertz CT molecular complexity index is 764. The number of ether oxygens (including phenoxy) is 1. The largest absolute Gasteiger partial charge is 0.380 e. The van der Waals surface area contributed by atoms with Crippen LogP contribution in [0.4, 0.5) is 11.4 Å². The first-order valence-corrected chi connectivity index (χ1v) is 10.2. The second kappa shape index (κ2) is 6.51. The van der Waals surface area contributed by atoms with Gasteiger partial charge in [-0.05, 0) is 50.3 Å². The van der Waals surface area contributed by atoms with Crippen LogP contribution < -0.4 is 10.2 Å². The standard InChI is InChI=1S/C21H27N3O3/c25-19(15-3-4-15)22-16-5-6-17(18(11-16)23-8-1-2-9-23)20(26)24-10-7-21(12-24)13-27-14-21/h5-6,11,15H,1-4,7-10,12-14H2,(H,22,25). The molecule has 4 aliphatic rings. The maximum Gasteiger partial charge on any atom is 0.255 e. The monoisotopic (exact) mass is 369 g/mol. The molecule has 1 spiro atoms. The fourth-order valence-electron chi connectivity index (χ4n) is 4.50. The molecule has 0 aromatic heterocycles. The minimum Gasteiger partial charge on any atom is -0.380 e. The molecule has 3 saturated heterocycles. The summed E-state index contributed by atoms with van der Waals surface area (Å²) in [7, 11) is 0. The number of nitrogens with zero attached hydrogens (tertiary/aromatic N) is 2. The van der Waals surface area contributed by atoms with Crippen LogP contribution in [-0.2, 0) is 9.53 Å². The van der Waals surface area contributed by atoms with Crippen LogP contribution in [0.3, 0.4) is 0 Å². The first-order chi connectivity index (χ1) is 13.1. The minimum atomic E-state index is 0.105. The zero-order chi connectivity index (χ0) is 18.4. The Hall–Kier alpha value is -2.08. The van der Waals surface area contributed by atoms with Gasteiger partial charge < -0.3 is 19.9 Å². The van der Waals surface area contributed by atoms with Gasteiger partial charge in [0.05, 0.1) is 24.5 Å². The van der Waals surface area contributed by atoms with Crippen molar-refractivity contribution in [3.63, 3.8) is 0 Å². The molecule has 0 radical (unpaired) electrons. The lowest BCUT2D eigenvalue weighted by Crippen LogP contribution is -2.45. The highest BCUT2D eigenvalue weighted by Crippen LogP contribution is 2.39. The van der Waals surface area contributed by atoms with E-state index < -0.39 is 0 Å². The molecule has 4 fully saturated rings. The highest BCUT2D eigenvalue weighted by atomic mass is 16.5. The molecule has 144 valence electrons. The van der Waals surface area contributed by atoms with Crippen molar-refractivity contribution in [1.82, 2.24) is 4.90 Å². The fourth-order valence-corrected chi connectivity index (χ4v) is 4.50. The zero-order valence-electron chi connectivity index (χ0n) is 15.7. The third kappa shape index (κ3) is 3.20. The van der Waals surface area contributed by atoms with Gasteiger partial charge in [-0.3, -0.25) is 9.59 Å². The topological polar surface area (TPSA) is 61.9 Å². The summed E-state index contributed by atoms with van der Waals surface area (Å²) in [5, 5.41) is 3.03. The summed E-state index contributed by atoms with van der Waals surface area (Å²) in [5.74, 6) is 0.390. The van der Waals surface area contributed by atoms with Gasteiger partial charge in [0.25, 0.3) is 5.91 Å². The van der Waals surface area contributed by atoms with E-state index in [4.69, 9.17) is 4.74 Å².